The number of nitrogens with two attached hydrogens (primary N) is 1. The third-order valence-corrected chi connectivity index (χ3v) is 4.53. The molecule has 0 radical (unpaired) electrons. The summed E-state index contributed by atoms with van der Waals surface area (Å²) in [4.78, 5) is 28.1. The van der Waals surface area contributed by atoms with Gasteiger partial charge in [-0.2, -0.15) is 0 Å². The van der Waals surface area contributed by atoms with Crippen molar-refractivity contribution >= 4 is 29.1 Å². The fraction of sp³-hybridized carbons (Fsp3) is 0.211. The van der Waals surface area contributed by atoms with Gasteiger partial charge in [0.25, 0.3) is 0 Å². The van der Waals surface area contributed by atoms with Crippen molar-refractivity contribution in [1.29, 1.82) is 0 Å². The molecule has 0 fully saturated rings. The van der Waals surface area contributed by atoms with Crippen molar-refractivity contribution in [2.75, 3.05) is 5.32 Å². The summed E-state index contributed by atoms with van der Waals surface area (Å²) in [6.07, 6.45) is 7.55. The van der Waals surface area contributed by atoms with Crippen molar-refractivity contribution in [3.05, 3.63) is 71.0 Å². The molecule has 1 amide bonds. The Labute approximate surface area is 162 Å². The van der Waals surface area contributed by atoms with Crippen LogP contribution < -0.4 is 11.1 Å². The summed E-state index contributed by atoms with van der Waals surface area (Å²) in [6.45, 7) is 1.81. The second-order valence-electron chi connectivity index (χ2n) is 6.06. The van der Waals surface area contributed by atoms with Crippen LogP contribution in [0.2, 0.25) is 5.02 Å². The molecule has 3 N–H and O–H groups in total. The highest BCUT2D eigenvalue weighted by molar-refractivity contribution is 6.31. The van der Waals surface area contributed by atoms with E-state index in [4.69, 9.17) is 17.3 Å². The van der Waals surface area contributed by atoms with Gasteiger partial charge in [-0.05, 0) is 30.9 Å². The van der Waals surface area contributed by atoms with E-state index in [2.05, 4.69) is 25.3 Å². The minimum absolute atomic E-state index is 0.348. The maximum absolute atomic E-state index is 11.6. The molecule has 3 aromatic rings. The fourth-order valence-corrected chi connectivity index (χ4v) is 2.91. The molecule has 1 atom stereocenters. The Balaban J connectivity index is 1.77. The predicted molar refractivity (Wildman–Crippen MR) is 104 cm³/mol. The van der Waals surface area contributed by atoms with E-state index in [1.165, 1.54) is 6.33 Å². The summed E-state index contributed by atoms with van der Waals surface area (Å²) in [5.41, 5.74) is 8.84. The molecule has 2 heterocycles. The smallest absolute Gasteiger partial charge is 0.227 e. The van der Waals surface area contributed by atoms with Crippen LogP contribution in [0, 0.1) is 0 Å². The number of amides is 1. The monoisotopic (exact) mass is 382 g/mol. The van der Waals surface area contributed by atoms with Crippen molar-refractivity contribution in [3.8, 4) is 0 Å². The van der Waals surface area contributed by atoms with Gasteiger partial charge in [0, 0.05) is 0 Å². The van der Waals surface area contributed by atoms with Gasteiger partial charge in [-0.25, -0.2) is 19.9 Å². The van der Waals surface area contributed by atoms with E-state index in [1.807, 2.05) is 31.2 Å². The van der Waals surface area contributed by atoms with Crippen LogP contribution in [0.4, 0.5) is 11.6 Å². The van der Waals surface area contributed by atoms with E-state index in [1.54, 1.807) is 18.6 Å². The molecule has 0 spiro atoms. The van der Waals surface area contributed by atoms with Gasteiger partial charge in [-0.15, -0.1) is 0 Å². The molecule has 2 aromatic heterocycles. The standard InChI is InChI=1S/C19H19ClN6O/c1-12(18(21)27)15-5-3-2-4-13(15)6-7-17-16(20)10-24-19(26-17)25-14-8-22-11-23-9-14/h2-5,8-12H,6-7H2,1H3,(H2,21,27)(H,24,25,26). The average Bonchev–Trinajstić information content (AvgIpc) is 2.69. The third-order valence-electron chi connectivity index (χ3n) is 4.21. The second-order valence-corrected chi connectivity index (χ2v) is 6.47. The van der Waals surface area contributed by atoms with E-state index in [0.29, 0.717) is 35.2 Å². The zero-order valence-corrected chi connectivity index (χ0v) is 15.5. The predicted octanol–water partition coefficient (Wildman–Crippen LogP) is 3.04. The number of anilines is 2. The number of hydrogen-bond donors (Lipinski definition) is 2. The van der Waals surface area contributed by atoms with Gasteiger partial charge in [-0.3, -0.25) is 4.79 Å². The Morgan fingerprint density at radius 3 is 2.67 bits per heavy atom. The van der Waals surface area contributed by atoms with E-state index < -0.39 is 0 Å². The molecule has 1 unspecified atom stereocenters. The SMILES string of the molecule is CC(C(N)=O)c1ccccc1CCc1nc(Nc2cncnc2)ncc1Cl. The van der Waals surface area contributed by atoms with Gasteiger partial charge in [-0.1, -0.05) is 35.9 Å². The molecule has 0 saturated carbocycles. The van der Waals surface area contributed by atoms with Gasteiger partial charge in [0.05, 0.1) is 40.9 Å². The molecule has 0 aliphatic heterocycles. The van der Waals surface area contributed by atoms with E-state index in [0.717, 1.165) is 11.1 Å². The highest BCUT2D eigenvalue weighted by Gasteiger charge is 2.16. The van der Waals surface area contributed by atoms with Gasteiger partial charge in [0.2, 0.25) is 11.9 Å². The molecule has 0 bridgehead atoms. The summed E-state index contributed by atoms with van der Waals surface area (Å²) in [5.74, 6) is -0.278. The maximum atomic E-state index is 11.6. The Morgan fingerprint density at radius 1 is 1.19 bits per heavy atom. The molecule has 3 rings (SSSR count). The van der Waals surface area contributed by atoms with E-state index in [9.17, 15) is 4.79 Å². The quantitative estimate of drug-likeness (QED) is 0.650. The third kappa shape index (κ3) is 4.77. The normalized spacial score (nSPS) is 11.8. The lowest BCUT2D eigenvalue weighted by Gasteiger charge is -2.14. The van der Waals surface area contributed by atoms with Crippen molar-refractivity contribution in [2.45, 2.75) is 25.7 Å². The molecule has 0 aliphatic carbocycles. The number of nitrogens with zero attached hydrogens (tertiary/aromatic N) is 4. The number of rotatable bonds is 7. The van der Waals surface area contributed by atoms with Gasteiger partial charge >= 0.3 is 0 Å². The first-order chi connectivity index (χ1) is 13.0. The number of hydrogen-bond acceptors (Lipinski definition) is 6. The largest absolute Gasteiger partial charge is 0.369 e. The first-order valence-corrected chi connectivity index (χ1v) is 8.83. The molecule has 0 saturated heterocycles. The number of carbonyl (C=O) groups excluding carboxylic acids is 1. The number of aryl methyl sites for hydroxylation is 2. The Kier molecular flexibility index (Phi) is 5.93. The fourth-order valence-electron chi connectivity index (χ4n) is 2.72. The zero-order valence-electron chi connectivity index (χ0n) is 14.8. The Bertz CT molecular complexity index is 934. The van der Waals surface area contributed by atoms with Crippen molar-refractivity contribution in [3.63, 3.8) is 0 Å². The molecule has 138 valence electrons. The molecule has 7 nitrogen and oxygen atoms in total. The van der Waals surface area contributed by atoms with Crippen LogP contribution in [-0.4, -0.2) is 25.8 Å². The van der Waals surface area contributed by atoms with Gasteiger partial charge in [0.15, 0.2) is 0 Å². The van der Waals surface area contributed by atoms with Gasteiger partial charge in [0.1, 0.15) is 6.33 Å². The molecular formula is C19H19ClN6O. The summed E-state index contributed by atoms with van der Waals surface area (Å²) in [6, 6.07) is 7.76. The summed E-state index contributed by atoms with van der Waals surface area (Å²) < 4.78 is 0. The minimum Gasteiger partial charge on any atom is -0.369 e. The molecule has 27 heavy (non-hydrogen) atoms. The number of carbonyl (C=O) groups is 1. The Morgan fingerprint density at radius 2 is 1.93 bits per heavy atom. The highest BCUT2D eigenvalue weighted by atomic mass is 35.5. The van der Waals surface area contributed by atoms with Crippen molar-refractivity contribution in [2.24, 2.45) is 5.73 Å². The van der Waals surface area contributed by atoms with Gasteiger partial charge < -0.3 is 11.1 Å². The first-order valence-electron chi connectivity index (χ1n) is 8.45. The summed E-state index contributed by atoms with van der Waals surface area (Å²) in [5, 5.41) is 3.54. The van der Waals surface area contributed by atoms with Crippen molar-refractivity contribution in [1.82, 2.24) is 19.9 Å². The zero-order chi connectivity index (χ0) is 19.2. The van der Waals surface area contributed by atoms with Crippen LogP contribution in [0.1, 0.15) is 29.7 Å². The van der Waals surface area contributed by atoms with Crippen LogP contribution in [0.15, 0.2) is 49.2 Å². The summed E-state index contributed by atoms with van der Waals surface area (Å²) >= 11 is 6.27. The van der Waals surface area contributed by atoms with Crippen LogP contribution in [0.3, 0.4) is 0 Å². The summed E-state index contributed by atoms with van der Waals surface area (Å²) in [7, 11) is 0. The molecule has 1 aromatic carbocycles. The number of halogens is 1. The molecule has 8 heteroatoms. The maximum Gasteiger partial charge on any atom is 0.227 e. The second kappa shape index (κ2) is 8.55. The lowest BCUT2D eigenvalue weighted by Crippen LogP contribution is -2.20. The van der Waals surface area contributed by atoms with Crippen molar-refractivity contribution < 1.29 is 4.79 Å². The minimum atomic E-state index is -0.350. The van der Waals surface area contributed by atoms with E-state index >= 15 is 0 Å². The van der Waals surface area contributed by atoms with Crippen LogP contribution in [0.25, 0.3) is 0 Å². The number of nitrogens with one attached hydrogen (secondary N) is 1. The lowest BCUT2D eigenvalue weighted by atomic mass is 9.92. The lowest BCUT2D eigenvalue weighted by molar-refractivity contribution is -0.119. The Hall–Kier alpha value is -3.06. The average molecular weight is 383 g/mol. The number of benzene rings is 1. The van der Waals surface area contributed by atoms with Crippen LogP contribution in [-0.2, 0) is 17.6 Å². The molecular weight excluding hydrogens is 364 g/mol. The van der Waals surface area contributed by atoms with Crippen LogP contribution >= 0.6 is 11.6 Å². The highest BCUT2D eigenvalue weighted by Crippen LogP contribution is 2.23. The van der Waals surface area contributed by atoms with Crippen LogP contribution in [0.5, 0.6) is 0 Å². The number of aromatic nitrogens is 4. The number of primary amides is 1. The topological polar surface area (TPSA) is 107 Å². The van der Waals surface area contributed by atoms with E-state index in [-0.39, 0.29) is 11.8 Å². The first kappa shape index (κ1) is 18.7. The molecule has 0 aliphatic rings.